The predicted molar refractivity (Wildman–Crippen MR) is 89.3 cm³/mol. The van der Waals surface area contributed by atoms with Gasteiger partial charge in [0.15, 0.2) is 17.3 Å². The molecule has 1 atom stereocenters. The Hall–Kier alpha value is -2.90. The van der Waals surface area contributed by atoms with Crippen LogP contribution in [0.2, 0.25) is 0 Å². The number of tetrazole rings is 1. The van der Waals surface area contributed by atoms with Crippen LogP contribution in [0.3, 0.4) is 0 Å². The molecular formula is C17H19N5O3. The Balaban J connectivity index is 1.90. The van der Waals surface area contributed by atoms with Crippen LogP contribution in [-0.2, 0) is 4.79 Å². The molecule has 8 heteroatoms. The third kappa shape index (κ3) is 2.45. The summed E-state index contributed by atoms with van der Waals surface area (Å²) >= 11 is 0. The van der Waals surface area contributed by atoms with E-state index in [1.807, 2.05) is 0 Å². The molecule has 0 fully saturated rings. The fourth-order valence-corrected chi connectivity index (χ4v) is 3.64. The lowest BCUT2D eigenvalue weighted by atomic mass is 9.73. The molecule has 2 heterocycles. The van der Waals surface area contributed by atoms with Gasteiger partial charge in [0.25, 0.3) is 0 Å². The first-order valence-electron chi connectivity index (χ1n) is 8.08. The van der Waals surface area contributed by atoms with Gasteiger partial charge in [-0.25, -0.2) is 0 Å². The van der Waals surface area contributed by atoms with Crippen molar-refractivity contribution in [3.8, 4) is 11.5 Å². The van der Waals surface area contributed by atoms with Crippen LogP contribution < -0.4 is 10.1 Å². The van der Waals surface area contributed by atoms with Crippen LogP contribution in [0.1, 0.15) is 38.3 Å². The summed E-state index contributed by atoms with van der Waals surface area (Å²) in [6.45, 7) is 4.15. The maximum Gasteiger partial charge on any atom is 0.248 e. The molecule has 0 saturated heterocycles. The van der Waals surface area contributed by atoms with Gasteiger partial charge >= 0.3 is 0 Å². The van der Waals surface area contributed by atoms with Gasteiger partial charge in [-0.05, 0) is 40.0 Å². The molecule has 0 saturated carbocycles. The third-order valence-corrected chi connectivity index (χ3v) is 4.71. The van der Waals surface area contributed by atoms with Crippen molar-refractivity contribution in [1.82, 2.24) is 20.2 Å². The number of phenolic OH excluding ortho intramolecular Hbond substituents is 1. The van der Waals surface area contributed by atoms with E-state index < -0.39 is 6.04 Å². The Kier molecular flexibility index (Phi) is 3.31. The second-order valence-electron chi connectivity index (χ2n) is 7.24. The number of fused-ring (bicyclic) bond motifs is 1. The highest BCUT2D eigenvalue weighted by Gasteiger charge is 2.41. The summed E-state index contributed by atoms with van der Waals surface area (Å²) in [4.78, 5) is 12.9. The number of Topliss-reactive ketones (excluding diaryl/α,β-unsaturated/α-hetero) is 1. The van der Waals surface area contributed by atoms with E-state index in [2.05, 4.69) is 34.7 Å². The van der Waals surface area contributed by atoms with E-state index in [0.29, 0.717) is 23.7 Å². The minimum Gasteiger partial charge on any atom is -0.504 e. The molecule has 1 aliphatic carbocycles. The van der Waals surface area contributed by atoms with Gasteiger partial charge in [0.2, 0.25) is 5.95 Å². The molecule has 0 spiro atoms. The molecule has 1 aromatic heterocycles. The van der Waals surface area contributed by atoms with E-state index in [9.17, 15) is 9.90 Å². The van der Waals surface area contributed by atoms with Crippen LogP contribution in [0.5, 0.6) is 11.5 Å². The molecule has 0 bridgehead atoms. The zero-order valence-corrected chi connectivity index (χ0v) is 14.3. The number of aromatic hydroxyl groups is 1. The Labute approximate surface area is 144 Å². The van der Waals surface area contributed by atoms with Crippen LogP contribution in [0, 0.1) is 5.41 Å². The van der Waals surface area contributed by atoms with E-state index in [1.165, 1.54) is 7.11 Å². The first kappa shape index (κ1) is 15.6. The number of nitrogens with one attached hydrogen (secondary N) is 1. The van der Waals surface area contributed by atoms with Crippen LogP contribution >= 0.6 is 0 Å². The Morgan fingerprint density at radius 1 is 1.36 bits per heavy atom. The zero-order chi connectivity index (χ0) is 17.8. The molecule has 1 unspecified atom stereocenters. The quantitative estimate of drug-likeness (QED) is 0.862. The molecule has 2 N–H and O–H groups in total. The third-order valence-electron chi connectivity index (χ3n) is 4.71. The first-order valence-corrected chi connectivity index (χ1v) is 8.08. The largest absolute Gasteiger partial charge is 0.504 e. The van der Waals surface area contributed by atoms with Gasteiger partial charge in [0.1, 0.15) is 6.04 Å². The SMILES string of the molecule is COc1cc(C2C3=C(CC(C)(C)CC3=O)Nc3nnnn32)ccc1O. The average Bonchev–Trinajstić information content (AvgIpc) is 3.00. The smallest absolute Gasteiger partial charge is 0.248 e. The van der Waals surface area contributed by atoms with Crippen molar-refractivity contribution in [1.29, 1.82) is 0 Å². The number of phenols is 1. The minimum absolute atomic E-state index is 0.0439. The average molecular weight is 341 g/mol. The monoisotopic (exact) mass is 341 g/mol. The molecule has 1 aliphatic heterocycles. The first-order chi connectivity index (χ1) is 11.9. The van der Waals surface area contributed by atoms with E-state index in [0.717, 1.165) is 17.7 Å². The van der Waals surface area contributed by atoms with Gasteiger partial charge in [0.05, 0.1) is 7.11 Å². The molecule has 2 aromatic rings. The van der Waals surface area contributed by atoms with Gasteiger partial charge in [-0.1, -0.05) is 25.0 Å². The Bertz CT molecular complexity index is 899. The van der Waals surface area contributed by atoms with E-state index in [-0.39, 0.29) is 16.9 Å². The molecule has 130 valence electrons. The van der Waals surface area contributed by atoms with Gasteiger partial charge in [0, 0.05) is 17.7 Å². The highest BCUT2D eigenvalue weighted by atomic mass is 16.5. The molecule has 2 aliphatic rings. The van der Waals surface area contributed by atoms with Crippen LogP contribution in [0.25, 0.3) is 0 Å². The number of carbonyl (C=O) groups excluding carboxylic acids is 1. The van der Waals surface area contributed by atoms with E-state index >= 15 is 0 Å². The van der Waals surface area contributed by atoms with Crippen molar-refractivity contribution in [2.75, 3.05) is 12.4 Å². The summed E-state index contributed by atoms with van der Waals surface area (Å²) in [5, 5.41) is 24.9. The summed E-state index contributed by atoms with van der Waals surface area (Å²) in [6.07, 6.45) is 1.21. The number of rotatable bonds is 2. The van der Waals surface area contributed by atoms with Crippen LogP contribution in [-0.4, -0.2) is 38.2 Å². The molecule has 0 radical (unpaired) electrons. The highest BCUT2D eigenvalue weighted by molar-refractivity contribution is 6.00. The van der Waals surface area contributed by atoms with Gasteiger partial charge in [-0.15, -0.1) is 0 Å². The second-order valence-corrected chi connectivity index (χ2v) is 7.24. The summed E-state index contributed by atoms with van der Waals surface area (Å²) < 4.78 is 6.81. The maximum atomic E-state index is 12.9. The van der Waals surface area contributed by atoms with Crippen molar-refractivity contribution in [2.24, 2.45) is 5.41 Å². The highest BCUT2D eigenvalue weighted by Crippen LogP contribution is 2.45. The van der Waals surface area contributed by atoms with Crippen molar-refractivity contribution < 1.29 is 14.6 Å². The van der Waals surface area contributed by atoms with Gasteiger partial charge in [-0.2, -0.15) is 4.68 Å². The Morgan fingerprint density at radius 3 is 2.92 bits per heavy atom. The standard InChI is InChI=1S/C17H19N5O3/c1-17(2)7-10-14(12(24)8-17)15(22-16(18-10)19-20-21-22)9-4-5-11(23)13(6-9)25-3/h4-6,15,23H,7-8H2,1-3H3,(H,18,19,21). The number of benzene rings is 1. The minimum atomic E-state index is -0.445. The van der Waals surface area contributed by atoms with Gasteiger partial charge < -0.3 is 15.2 Å². The molecular weight excluding hydrogens is 322 g/mol. The lowest BCUT2D eigenvalue weighted by molar-refractivity contribution is -0.118. The van der Waals surface area contributed by atoms with Crippen molar-refractivity contribution >= 4 is 11.7 Å². The lowest BCUT2D eigenvalue weighted by Crippen LogP contribution is -2.36. The lowest BCUT2D eigenvalue weighted by Gasteiger charge is -2.37. The number of methoxy groups -OCH3 is 1. The summed E-state index contributed by atoms with van der Waals surface area (Å²) in [5.74, 6) is 0.969. The second kappa shape index (κ2) is 5.30. The molecule has 1 aromatic carbocycles. The number of hydrogen-bond acceptors (Lipinski definition) is 7. The van der Waals surface area contributed by atoms with Crippen LogP contribution in [0.15, 0.2) is 29.5 Å². The number of ether oxygens (including phenoxy) is 1. The number of aromatic nitrogens is 4. The van der Waals surface area contributed by atoms with Crippen molar-refractivity contribution in [3.63, 3.8) is 0 Å². The fraction of sp³-hybridized carbons (Fsp3) is 0.412. The number of ketones is 1. The molecule has 8 nitrogen and oxygen atoms in total. The molecule has 0 amide bonds. The van der Waals surface area contributed by atoms with Crippen molar-refractivity contribution in [3.05, 3.63) is 35.0 Å². The van der Waals surface area contributed by atoms with Gasteiger partial charge in [-0.3, -0.25) is 4.79 Å². The normalized spacial score (nSPS) is 21.4. The predicted octanol–water partition coefficient (Wildman–Crippen LogP) is 2.05. The van der Waals surface area contributed by atoms with Crippen molar-refractivity contribution in [2.45, 2.75) is 32.7 Å². The summed E-state index contributed by atoms with van der Waals surface area (Å²) in [6, 6.07) is 4.59. The fourth-order valence-electron chi connectivity index (χ4n) is 3.64. The Morgan fingerprint density at radius 2 is 2.16 bits per heavy atom. The van der Waals surface area contributed by atoms with E-state index in [4.69, 9.17) is 4.74 Å². The number of hydrogen-bond donors (Lipinski definition) is 2. The number of carbonyl (C=O) groups is 1. The maximum absolute atomic E-state index is 12.9. The topological polar surface area (TPSA) is 102 Å². The van der Waals surface area contributed by atoms with Crippen LogP contribution in [0.4, 0.5) is 5.95 Å². The summed E-state index contributed by atoms with van der Waals surface area (Å²) in [5.41, 5.74) is 2.20. The summed E-state index contributed by atoms with van der Waals surface area (Å²) in [7, 11) is 1.49. The van der Waals surface area contributed by atoms with E-state index in [1.54, 1.807) is 22.9 Å². The number of nitrogens with zero attached hydrogens (tertiary/aromatic N) is 4. The number of allylic oxidation sites excluding steroid dienone is 2. The number of anilines is 1. The molecule has 4 rings (SSSR count). The zero-order valence-electron chi connectivity index (χ0n) is 14.3. The molecule has 25 heavy (non-hydrogen) atoms.